The van der Waals surface area contributed by atoms with Crippen LogP contribution in [0.15, 0.2) is 36.3 Å². The van der Waals surface area contributed by atoms with Crippen molar-refractivity contribution in [3.05, 3.63) is 41.8 Å². The van der Waals surface area contributed by atoms with Gasteiger partial charge < -0.3 is 0 Å². The summed E-state index contributed by atoms with van der Waals surface area (Å²) >= 11 is 0. The van der Waals surface area contributed by atoms with Gasteiger partial charge >= 0.3 is 0 Å². The molecule has 0 N–H and O–H groups in total. The van der Waals surface area contributed by atoms with E-state index in [9.17, 15) is 8.42 Å². The summed E-state index contributed by atoms with van der Waals surface area (Å²) in [6, 6.07) is 7.30. The lowest BCUT2D eigenvalue weighted by molar-refractivity contribution is 0.603. The molecule has 76 valence electrons. The van der Waals surface area contributed by atoms with Crippen LogP contribution in [0.4, 0.5) is 5.69 Å². The molecule has 0 spiro atoms. The lowest BCUT2D eigenvalue weighted by Gasteiger charge is -2.18. The second-order valence-electron chi connectivity index (χ2n) is 2.97. The van der Waals surface area contributed by atoms with Gasteiger partial charge in [0.25, 0.3) is 10.0 Å². The van der Waals surface area contributed by atoms with Crippen molar-refractivity contribution < 1.29 is 8.42 Å². The average molecular weight is 211 g/mol. The summed E-state index contributed by atoms with van der Waals surface area (Å²) < 4.78 is 24.1. The number of hydrogen-bond donors (Lipinski definition) is 0. The molecular weight excluding hydrogens is 198 g/mol. The van der Waals surface area contributed by atoms with Gasteiger partial charge in [-0.3, -0.25) is 4.31 Å². The number of para-hydroxylation sites is 1. The highest BCUT2D eigenvalue weighted by molar-refractivity contribution is 7.95. The van der Waals surface area contributed by atoms with Gasteiger partial charge in [-0.1, -0.05) is 24.8 Å². The Bertz CT molecular complexity index is 437. The normalized spacial score (nSPS) is 11.0. The Morgan fingerprint density at radius 1 is 1.36 bits per heavy atom. The molecule has 0 bridgehead atoms. The molecule has 0 aromatic heterocycles. The van der Waals surface area contributed by atoms with E-state index in [1.807, 2.05) is 19.1 Å². The van der Waals surface area contributed by atoms with E-state index in [0.717, 1.165) is 11.0 Å². The molecule has 0 saturated carbocycles. The molecule has 1 aromatic carbocycles. The monoisotopic (exact) mass is 211 g/mol. The van der Waals surface area contributed by atoms with Gasteiger partial charge in [-0.05, 0) is 18.6 Å². The largest absolute Gasteiger partial charge is 0.270 e. The summed E-state index contributed by atoms with van der Waals surface area (Å²) in [6.07, 6.45) is 0. The van der Waals surface area contributed by atoms with Crippen LogP contribution in [0.5, 0.6) is 0 Å². The number of rotatable bonds is 3. The number of aryl methyl sites for hydroxylation is 1. The second kappa shape index (κ2) is 3.84. The SMILES string of the molecule is C=CS(=O)(=O)N(C)c1ccccc1C. The van der Waals surface area contributed by atoms with Gasteiger partial charge in [0.1, 0.15) is 0 Å². The van der Waals surface area contributed by atoms with Gasteiger partial charge in [0.2, 0.25) is 0 Å². The van der Waals surface area contributed by atoms with Crippen molar-refractivity contribution in [3.8, 4) is 0 Å². The standard InChI is InChI=1S/C10H13NO2S/c1-4-14(12,13)11(3)10-8-6-5-7-9(10)2/h4-8H,1H2,2-3H3. The molecular formula is C10H13NO2S. The van der Waals surface area contributed by atoms with Crippen LogP contribution in [0, 0.1) is 6.92 Å². The number of sulfonamides is 1. The molecule has 0 aliphatic carbocycles. The van der Waals surface area contributed by atoms with Crippen LogP contribution >= 0.6 is 0 Å². The van der Waals surface area contributed by atoms with Crippen molar-refractivity contribution in [3.63, 3.8) is 0 Å². The summed E-state index contributed by atoms with van der Waals surface area (Å²) in [6.45, 7) is 5.14. The summed E-state index contributed by atoms with van der Waals surface area (Å²) in [4.78, 5) is 0. The smallest absolute Gasteiger partial charge is 0.256 e. The first-order chi connectivity index (χ1) is 6.49. The third-order valence-corrected chi connectivity index (χ3v) is 3.43. The quantitative estimate of drug-likeness (QED) is 0.765. The molecule has 0 saturated heterocycles. The minimum Gasteiger partial charge on any atom is -0.270 e. The summed E-state index contributed by atoms with van der Waals surface area (Å²) in [7, 11) is -1.86. The van der Waals surface area contributed by atoms with Crippen LogP contribution in [-0.2, 0) is 10.0 Å². The van der Waals surface area contributed by atoms with Crippen LogP contribution in [0.1, 0.15) is 5.56 Å². The number of nitrogens with zero attached hydrogens (tertiary/aromatic N) is 1. The molecule has 0 heterocycles. The first-order valence-corrected chi connectivity index (χ1v) is 5.66. The zero-order valence-corrected chi connectivity index (χ0v) is 9.08. The molecule has 0 amide bonds. The van der Waals surface area contributed by atoms with Gasteiger partial charge in [0.05, 0.1) is 5.69 Å². The predicted octanol–water partition coefficient (Wildman–Crippen LogP) is 1.90. The Morgan fingerprint density at radius 2 is 1.93 bits per heavy atom. The Morgan fingerprint density at radius 3 is 2.43 bits per heavy atom. The molecule has 0 fully saturated rings. The second-order valence-corrected chi connectivity index (χ2v) is 4.88. The summed E-state index contributed by atoms with van der Waals surface area (Å²) in [5, 5.41) is 0.944. The molecule has 4 heteroatoms. The molecule has 14 heavy (non-hydrogen) atoms. The van der Waals surface area contributed by atoms with Crippen LogP contribution in [0.3, 0.4) is 0 Å². The molecule has 1 aromatic rings. The molecule has 0 unspecified atom stereocenters. The van der Waals surface area contributed by atoms with E-state index in [2.05, 4.69) is 6.58 Å². The minimum absolute atomic E-state index is 0.674. The third kappa shape index (κ3) is 1.96. The van der Waals surface area contributed by atoms with Gasteiger partial charge in [0.15, 0.2) is 0 Å². The Hall–Kier alpha value is -1.29. The van der Waals surface area contributed by atoms with Crippen molar-refractivity contribution in [2.75, 3.05) is 11.4 Å². The molecule has 3 nitrogen and oxygen atoms in total. The molecule has 1 rings (SSSR count). The van der Waals surface area contributed by atoms with Crippen LogP contribution < -0.4 is 4.31 Å². The first kappa shape index (κ1) is 10.8. The molecule has 0 aliphatic heterocycles. The van der Waals surface area contributed by atoms with E-state index in [1.54, 1.807) is 12.1 Å². The zero-order valence-electron chi connectivity index (χ0n) is 8.27. The van der Waals surface area contributed by atoms with E-state index in [1.165, 1.54) is 11.4 Å². The van der Waals surface area contributed by atoms with Crippen molar-refractivity contribution >= 4 is 15.7 Å². The van der Waals surface area contributed by atoms with Gasteiger partial charge in [-0.15, -0.1) is 0 Å². The van der Waals surface area contributed by atoms with E-state index in [4.69, 9.17) is 0 Å². The molecule has 0 atom stereocenters. The highest BCUT2D eigenvalue weighted by atomic mass is 32.2. The minimum atomic E-state index is -3.38. The van der Waals surface area contributed by atoms with Gasteiger partial charge in [0, 0.05) is 12.5 Å². The van der Waals surface area contributed by atoms with Crippen LogP contribution in [-0.4, -0.2) is 15.5 Å². The van der Waals surface area contributed by atoms with Crippen molar-refractivity contribution in [1.29, 1.82) is 0 Å². The lowest BCUT2D eigenvalue weighted by atomic mass is 10.2. The number of anilines is 1. The Kier molecular flexibility index (Phi) is 2.96. The van der Waals surface area contributed by atoms with E-state index in [-0.39, 0.29) is 0 Å². The topological polar surface area (TPSA) is 37.4 Å². The number of benzene rings is 1. The van der Waals surface area contributed by atoms with Crippen LogP contribution in [0.25, 0.3) is 0 Å². The fraction of sp³-hybridized carbons (Fsp3) is 0.200. The summed E-state index contributed by atoms with van der Waals surface area (Å²) in [5.74, 6) is 0. The highest BCUT2D eigenvalue weighted by Crippen LogP contribution is 2.20. The van der Waals surface area contributed by atoms with E-state index >= 15 is 0 Å². The third-order valence-electron chi connectivity index (χ3n) is 2.05. The average Bonchev–Trinajstić information content (AvgIpc) is 2.17. The van der Waals surface area contributed by atoms with Crippen molar-refractivity contribution in [1.82, 2.24) is 0 Å². The Labute approximate surface area is 84.7 Å². The van der Waals surface area contributed by atoms with Gasteiger partial charge in [-0.25, -0.2) is 8.42 Å². The maximum atomic E-state index is 11.5. The predicted molar refractivity (Wildman–Crippen MR) is 58.7 cm³/mol. The highest BCUT2D eigenvalue weighted by Gasteiger charge is 2.14. The zero-order chi connectivity index (χ0) is 10.8. The van der Waals surface area contributed by atoms with E-state index < -0.39 is 10.0 Å². The number of hydrogen-bond acceptors (Lipinski definition) is 2. The molecule has 0 radical (unpaired) electrons. The maximum Gasteiger partial charge on any atom is 0.256 e. The summed E-state index contributed by atoms with van der Waals surface area (Å²) in [5.41, 5.74) is 1.59. The fourth-order valence-corrected chi connectivity index (χ4v) is 1.87. The fourth-order valence-electron chi connectivity index (χ4n) is 1.17. The van der Waals surface area contributed by atoms with Crippen LogP contribution in [0.2, 0.25) is 0 Å². The first-order valence-electron chi connectivity index (χ1n) is 4.16. The van der Waals surface area contributed by atoms with Crippen molar-refractivity contribution in [2.45, 2.75) is 6.92 Å². The maximum absolute atomic E-state index is 11.5. The molecule has 0 aliphatic rings. The van der Waals surface area contributed by atoms with E-state index in [0.29, 0.717) is 5.69 Å². The van der Waals surface area contributed by atoms with Crippen molar-refractivity contribution in [2.24, 2.45) is 0 Å². The lowest BCUT2D eigenvalue weighted by Crippen LogP contribution is -2.24. The van der Waals surface area contributed by atoms with Gasteiger partial charge in [-0.2, -0.15) is 0 Å². The Balaban J connectivity index is 3.20.